The van der Waals surface area contributed by atoms with Crippen molar-refractivity contribution < 1.29 is 0 Å². The number of benzene rings is 10. The van der Waals surface area contributed by atoms with Crippen LogP contribution in [-0.4, -0.2) is 0 Å². The first-order chi connectivity index (χ1) is 30.8. The summed E-state index contributed by atoms with van der Waals surface area (Å²) in [7, 11) is 0. The van der Waals surface area contributed by atoms with Crippen molar-refractivity contribution in [2.24, 2.45) is 0 Å². The molecule has 0 aliphatic heterocycles. The number of nitrogens with zero attached hydrogens (tertiary/aromatic N) is 1. The van der Waals surface area contributed by atoms with E-state index in [1.165, 1.54) is 99.4 Å². The van der Waals surface area contributed by atoms with Crippen LogP contribution in [0.2, 0.25) is 0 Å². The highest BCUT2D eigenvalue weighted by atomic mass is 15.1. The van der Waals surface area contributed by atoms with Crippen molar-refractivity contribution in [2.45, 2.75) is 38.5 Å². The third-order valence-electron chi connectivity index (χ3n) is 14.3. The van der Waals surface area contributed by atoms with E-state index in [9.17, 15) is 0 Å². The normalized spacial score (nSPS) is 14.0. The van der Waals surface area contributed by atoms with Gasteiger partial charge in [0.05, 0.1) is 5.69 Å². The summed E-state index contributed by atoms with van der Waals surface area (Å²) in [5, 5.41) is 5.07. The third-order valence-corrected chi connectivity index (χ3v) is 14.3. The van der Waals surface area contributed by atoms with Gasteiger partial charge in [0.25, 0.3) is 0 Å². The monoisotopic (exact) mass is 805 g/mol. The lowest BCUT2D eigenvalue weighted by Gasteiger charge is -2.29. The Bertz CT molecular complexity index is 3460. The van der Waals surface area contributed by atoms with Crippen LogP contribution in [0.25, 0.3) is 77.2 Å². The molecule has 63 heavy (non-hydrogen) atoms. The quantitative estimate of drug-likeness (QED) is 0.151. The number of fused-ring (bicyclic) bond motifs is 9. The first-order valence-electron chi connectivity index (χ1n) is 22.3. The van der Waals surface area contributed by atoms with Crippen LogP contribution < -0.4 is 4.90 Å². The molecule has 0 saturated heterocycles. The molecule has 0 heterocycles. The van der Waals surface area contributed by atoms with Crippen molar-refractivity contribution in [1.82, 2.24) is 0 Å². The molecule has 0 spiro atoms. The standard InChI is InChI=1S/C62H47N/c1-61(2)56-27-10-7-21-52(56)54-37-33-43(39-58(54)61)48-20-9-12-29-59(48)63(45-18-13-17-42(38-45)47-23-14-25-50-46-19-6-5-16-40(46)32-36-51(47)50)44-34-30-41(31-35-44)49-24-15-26-55-53-22-8-11-28-57(53)62(3,4)60(49)55/h5-39H,1-4H3. The van der Waals surface area contributed by atoms with Crippen LogP contribution in [0, 0.1) is 0 Å². The average molecular weight is 806 g/mol. The summed E-state index contributed by atoms with van der Waals surface area (Å²) in [4.78, 5) is 2.46. The van der Waals surface area contributed by atoms with E-state index in [4.69, 9.17) is 0 Å². The summed E-state index contributed by atoms with van der Waals surface area (Å²) in [6.45, 7) is 9.48. The van der Waals surface area contributed by atoms with Gasteiger partial charge < -0.3 is 4.90 Å². The van der Waals surface area contributed by atoms with E-state index in [2.05, 4.69) is 245 Å². The van der Waals surface area contributed by atoms with Gasteiger partial charge in [0, 0.05) is 27.8 Å². The lowest BCUT2D eigenvalue weighted by Crippen LogP contribution is -2.16. The molecule has 2 aliphatic carbocycles. The smallest absolute Gasteiger partial charge is 0.0540 e. The van der Waals surface area contributed by atoms with Crippen molar-refractivity contribution in [3.63, 3.8) is 0 Å². The van der Waals surface area contributed by atoms with Gasteiger partial charge in [0.15, 0.2) is 0 Å². The Labute approximate surface area is 370 Å². The largest absolute Gasteiger partial charge is 0.310 e. The molecule has 0 amide bonds. The van der Waals surface area contributed by atoms with Gasteiger partial charge in [-0.25, -0.2) is 0 Å². The molecule has 0 radical (unpaired) electrons. The summed E-state index contributed by atoms with van der Waals surface area (Å²) in [6, 6.07) is 79.1. The van der Waals surface area contributed by atoms with Crippen LogP contribution in [0.5, 0.6) is 0 Å². The van der Waals surface area contributed by atoms with E-state index in [0.29, 0.717) is 0 Å². The van der Waals surface area contributed by atoms with E-state index >= 15 is 0 Å². The van der Waals surface area contributed by atoms with Crippen LogP contribution in [0.3, 0.4) is 0 Å². The summed E-state index contributed by atoms with van der Waals surface area (Å²) in [6.07, 6.45) is 0. The zero-order valence-corrected chi connectivity index (χ0v) is 36.2. The molecule has 1 nitrogen and oxygen atoms in total. The molecule has 0 bridgehead atoms. The minimum atomic E-state index is -0.105. The van der Waals surface area contributed by atoms with Gasteiger partial charge in [-0.3, -0.25) is 0 Å². The Morgan fingerprint density at radius 1 is 0.302 bits per heavy atom. The highest BCUT2D eigenvalue weighted by Gasteiger charge is 2.38. The van der Waals surface area contributed by atoms with Crippen molar-refractivity contribution >= 4 is 38.6 Å². The lowest BCUT2D eigenvalue weighted by atomic mass is 9.79. The average Bonchev–Trinajstić information content (AvgIpc) is 3.71. The zero-order chi connectivity index (χ0) is 42.5. The minimum absolute atomic E-state index is 0.0991. The SMILES string of the molecule is CC1(C)c2ccccc2-c2ccc(-c3ccccc3N(c3ccc(-c4cccc5c4C(C)(C)c4ccccc4-5)cc3)c3cccc(-c4cccc5c4ccc4ccccc45)c3)cc21. The zero-order valence-electron chi connectivity index (χ0n) is 36.2. The van der Waals surface area contributed by atoms with E-state index in [-0.39, 0.29) is 10.8 Å². The fourth-order valence-electron chi connectivity index (χ4n) is 11.2. The van der Waals surface area contributed by atoms with Gasteiger partial charge in [-0.1, -0.05) is 204 Å². The molecule has 10 aromatic rings. The van der Waals surface area contributed by atoms with Gasteiger partial charge in [0.1, 0.15) is 0 Å². The van der Waals surface area contributed by atoms with E-state index in [0.717, 1.165) is 17.1 Å². The Balaban J connectivity index is 1.02. The second-order valence-corrected chi connectivity index (χ2v) is 18.5. The number of anilines is 3. The highest BCUT2D eigenvalue weighted by Crippen LogP contribution is 2.53. The first-order valence-corrected chi connectivity index (χ1v) is 22.3. The Morgan fingerprint density at radius 3 is 1.70 bits per heavy atom. The second kappa shape index (κ2) is 14.0. The lowest BCUT2D eigenvalue weighted by molar-refractivity contribution is 0.660. The maximum absolute atomic E-state index is 2.46. The van der Waals surface area contributed by atoms with E-state index < -0.39 is 0 Å². The maximum Gasteiger partial charge on any atom is 0.0540 e. The molecule has 2 aliphatic rings. The number of rotatable bonds is 6. The van der Waals surface area contributed by atoms with Gasteiger partial charge in [0.2, 0.25) is 0 Å². The van der Waals surface area contributed by atoms with Crippen LogP contribution in [0.1, 0.15) is 49.9 Å². The predicted octanol–water partition coefficient (Wildman–Crippen LogP) is 17.1. The molecule has 0 N–H and O–H groups in total. The van der Waals surface area contributed by atoms with Crippen molar-refractivity contribution in [3.05, 3.63) is 235 Å². The number of para-hydroxylation sites is 1. The third kappa shape index (κ3) is 5.69. The Kier molecular flexibility index (Phi) is 8.30. The van der Waals surface area contributed by atoms with Crippen LogP contribution in [-0.2, 0) is 10.8 Å². The molecular weight excluding hydrogens is 759 g/mol. The van der Waals surface area contributed by atoms with E-state index in [1.54, 1.807) is 0 Å². The summed E-state index contributed by atoms with van der Waals surface area (Å²) in [5.74, 6) is 0. The molecule has 0 fully saturated rings. The van der Waals surface area contributed by atoms with Crippen LogP contribution in [0.4, 0.5) is 17.1 Å². The molecule has 1 heteroatoms. The van der Waals surface area contributed by atoms with Crippen molar-refractivity contribution in [2.75, 3.05) is 4.90 Å². The molecule has 0 aromatic heterocycles. The first kappa shape index (κ1) is 37.3. The maximum atomic E-state index is 2.46. The summed E-state index contributed by atoms with van der Waals surface area (Å²) < 4.78 is 0. The molecule has 0 unspecified atom stereocenters. The fourth-order valence-corrected chi connectivity index (χ4v) is 11.2. The van der Waals surface area contributed by atoms with Crippen LogP contribution in [0.15, 0.2) is 212 Å². The number of hydrogen-bond donors (Lipinski definition) is 0. The topological polar surface area (TPSA) is 3.24 Å². The predicted molar refractivity (Wildman–Crippen MR) is 268 cm³/mol. The summed E-state index contributed by atoms with van der Waals surface area (Å²) >= 11 is 0. The molecule has 0 saturated carbocycles. The molecule has 12 rings (SSSR count). The fraction of sp³-hybridized carbons (Fsp3) is 0.0968. The highest BCUT2D eigenvalue weighted by molar-refractivity contribution is 6.12. The minimum Gasteiger partial charge on any atom is -0.310 e. The number of hydrogen-bond acceptors (Lipinski definition) is 1. The van der Waals surface area contributed by atoms with Gasteiger partial charge in [-0.05, 0) is 130 Å². The van der Waals surface area contributed by atoms with Gasteiger partial charge in [-0.2, -0.15) is 0 Å². The van der Waals surface area contributed by atoms with Gasteiger partial charge >= 0.3 is 0 Å². The molecule has 300 valence electrons. The summed E-state index contributed by atoms with van der Waals surface area (Å²) in [5.41, 5.74) is 21.4. The van der Waals surface area contributed by atoms with Crippen molar-refractivity contribution in [1.29, 1.82) is 0 Å². The second-order valence-electron chi connectivity index (χ2n) is 18.5. The Hall–Kier alpha value is -7.48. The molecular formula is C62H47N. The van der Waals surface area contributed by atoms with Crippen molar-refractivity contribution in [3.8, 4) is 55.6 Å². The van der Waals surface area contributed by atoms with Crippen LogP contribution >= 0.6 is 0 Å². The van der Waals surface area contributed by atoms with Gasteiger partial charge in [-0.15, -0.1) is 0 Å². The Morgan fingerprint density at radius 2 is 0.873 bits per heavy atom. The molecule has 0 atom stereocenters. The van der Waals surface area contributed by atoms with E-state index in [1.807, 2.05) is 0 Å². The molecule has 10 aromatic carbocycles.